The zero-order chi connectivity index (χ0) is 15.5. The number of allylic oxidation sites excluding steroid dienone is 5. The van der Waals surface area contributed by atoms with E-state index in [4.69, 9.17) is 0 Å². The summed E-state index contributed by atoms with van der Waals surface area (Å²) in [4.78, 5) is 11.8. The van der Waals surface area contributed by atoms with Crippen molar-refractivity contribution < 1.29 is 4.79 Å². The highest BCUT2D eigenvalue weighted by Gasteiger charge is 2.56. The van der Waals surface area contributed by atoms with Crippen LogP contribution in [0.3, 0.4) is 0 Å². The van der Waals surface area contributed by atoms with Crippen LogP contribution in [0.4, 0.5) is 0 Å². The van der Waals surface area contributed by atoms with E-state index in [2.05, 4.69) is 38.3 Å². The number of ketones is 1. The van der Waals surface area contributed by atoms with Gasteiger partial charge in [0.05, 0.1) is 0 Å². The van der Waals surface area contributed by atoms with Crippen molar-refractivity contribution in [3.8, 4) is 0 Å². The molecule has 0 aromatic rings. The van der Waals surface area contributed by atoms with E-state index in [-0.39, 0.29) is 5.41 Å². The van der Waals surface area contributed by atoms with Crippen molar-refractivity contribution in [3.05, 3.63) is 41.7 Å². The minimum absolute atomic E-state index is 0.218. The first-order valence-corrected chi connectivity index (χ1v) is 8.82. The number of hydrogen-bond donors (Lipinski definition) is 0. The van der Waals surface area contributed by atoms with Gasteiger partial charge in [0.1, 0.15) is 0 Å². The Morgan fingerprint density at radius 3 is 2.68 bits per heavy atom. The molecule has 0 amide bonds. The van der Waals surface area contributed by atoms with Gasteiger partial charge in [0.2, 0.25) is 0 Å². The van der Waals surface area contributed by atoms with Crippen LogP contribution in [0.15, 0.2) is 41.7 Å². The normalized spacial score (nSPS) is 46.5. The van der Waals surface area contributed by atoms with Gasteiger partial charge in [0, 0.05) is 6.42 Å². The van der Waals surface area contributed by atoms with Crippen molar-refractivity contribution in [2.45, 2.75) is 52.4 Å². The molecule has 0 bridgehead atoms. The Hall–Kier alpha value is -1.33. The van der Waals surface area contributed by atoms with Crippen molar-refractivity contribution in [2.24, 2.45) is 28.6 Å². The average molecular weight is 294 g/mol. The largest absolute Gasteiger partial charge is 0.295 e. The predicted molar refractivity (Wildman–Crippen MR) is 89.3 cm³/mol. The lowest BCUT2D eigenvalue weighted by molar-refractivity contribution is -0.116. The maximum Gasteiger partial charge on any atom is 0.156 e. The summed E-state index contributed by atoms with van der Waals surface area (Å²) in [7, 11) is 0. The summed E-state index contributed by atoms with van der Waals surface area (Å²) in [6.45, 7) is 8.80. The molecule has 4 aliphatic carbocycles. The average Bonchev–Trinajstić information content (AvgIpc) is 2.84. The Kier molecular flexibility index (Phi) is 2.97. The number of rotatable bonds is 0. The van der Waals surface area contributed by atoms with Gasteiger partial charge in [-0.25, -0.2) is 0 Å². The molecule has 5 atom stereocenters. The summed E-state index contributed by atoms with van der Waals surface area (Å²) >= 11 is 0. The molecule has 0 aromatic carbocycles. The Morgan fingerprint density at radius 2 is 1.91 bits per heavy atom. The van der Waals surface area contributed by atoms with E-state index in [0.717, 1.165) is 18.8 Å². The fraction of sp³-hybridized carbons (Fsp3) is 0.619. The highest BCUT2D eigenvalue weighted by atomic mass is 16.1. The summed E-state index contributed by atoms with van der Waals surface area (Å²) in [6.07, 6.45) is 13.4. The van der Waals surface area contributed by atoms with Crippen LogP contribution in [0.25, 0.3) is 0 Å². The fourth-order valence-electron chi connectivity index (χ4n) is 6.10. The Balaban J connectivity index is 1.77. The van der Waals surface area contributed by atoms with E-state index in [9.17, 15) is 4.79 Å². The molecule has 0 radical (unpaired) electrons. The molecule has 4 aliphatic rings. The molecule has 1 heteroatoms. The van der Waals surface area contributed by atoms with Crippen molar-refractivity contribution in [3.63, 3.8) is 0 Å². The molecule has 3 unspecified atom stereocenters. The molecule has 116 valence electrons. The van der Waals surface area contributed by atoms with Gasteiger partial charge in [0.15, 0.2) is 5.78 Å². The van der Waals surface area contributed by atoms with Crippen LogP contribution in [-0.4, -0.2) is 5.78 Å². The number of carbonyl (C=O) groups is 1. The molecule has 4 rings (SSSR count). The van der Waals surface area contributed by atoms with Crippen molar-refractivity contribution in [2.75, 3.05) is 0 Å². The minimum atomic E-state index is 0.218. The lowest BCUT2D eigenvalue weighted by Gasteiger charge is -2.55. The maximum atomic E-state index is 11.8. The van der Waals surface area contributed by atoms with Gasteiger partial charge < -0.3 is 0 Å². The van der Waals surface area contributed by atoms with Gasteiger partial charge in [-0.3, -0.25) is 4.79 Å². The number of carbonyl (C=O) groups excluding carboxylic acids is 1. The summed E-state index contributed by atoms with van der Waals surface area (Å²) in [5, 5.41) is 0. The van der Waals surface area contributed by atoms with Crippen LogP contribution in [0.5, 0.6) is 0 Å². The van der Waals surface area contributed by atoms with Crippen molar-refractivity contribution >= 4 is 5.78 Å². The second-order valence-corrected chi connectivity index (χ2v) is 8.28. The lowest BCUT2D eigenvalue weighted by Crippen LogP contribution is -2.47. The summed E-state index contributed by atoms with van der Waals surface area (Å²) in [5.41, 5.74) is 6.55. The second kappa shape index (κ2) is 4.59. The van der Waals surface area contributed by atoms with E-state index in [1.807, 2.05) is 6.08 Å². The number of fused-ring (bicyclic) bond motifs is 5. The van der Waals surface area contributed by atoms with Gasteiger partial charge in [-0.05, 0) is 77.9 Å². The van der Waals surface area contributed by atoms with Crippen LogP contribution in [0.1, 0.15) is 52.4 Å². The topological polar surface area (TPSA) is 17.1 Å². The van der Waals surface area contributed by atoms with Crippen LogP contribution < -0.4 is 0 Å². The lowest BCUT2D eigenvalue weighted by atomic mass is 9.49. The zero-order valence-electron chi connectivity index (χ0n) is 13.8. The predicted octanol–water partition coefficient (Wildman–Crippen LogP) is 5.01. The third-order valence-electron chi connectivity index (χ3n) is 7.51. The molecule has 0 spiro atoms. The highest BCUT2D eigenvalue weighted by Crippen LogP contribution is 2.64. The zero-order valence-corrected chi connectivity index (χ0v) is 13.8. The van der Waals surface area contributed by atoms with Gasteiger partial charge in [-0.1, -0.05) is 32.6 Å². The van der Waals surface area contributed by atoms with E-state index in [0.29, 0.717) is 23.0 Å². The monoisotopic (exact) mass is 294 g/mol. The smallest absolute Gasteiger partial charge is 0.156 e. The molecule has 0 aliphatic heterocycles. The third kappa shape index (κ3) is 1.69. The van der Waals surface area contributed by atoms with Crippen molar-refractivity contribution in [1.29, 1.82) is 0 Å². The SMILES string of the molecule is C=C=C1CCC2C3C=CC4=CC(=O)CC[C@]4(C)C3CC[C@]12C. The van der Waals surface area contributed by atoms with Crippen LogP contribution in [0.2, 0.25) is 0 Å². The Morgan fingerprint density at radius 1 is 1.14 bits per heavy atom. The van der Waals surface area contributed by atoms with Crippen LogP contribution >= 0.6 is 0 Å². The summed E-state index contributed by atoms with van der Waals surface area (Å²) < 4.78 is 0. The molecule has 22 heavy (non-hydrogen) atoms. The second-order valence-electron chi connectivity index (χ2n) is 8.28. The maximum absolute atomic E-state index is 11.8. The van der Waals surface area contributed by atoms with Gasteiger partial charge in [-0.2, -0.15) is 0 Å². The van der Waals surface area contributed by atoms with E-state index in [1.165, 1.54) is 36.8 Å². The molecular weight excluding hydrogens is 268 g/mol. The minimum Gasteiger partial charge on any atom is -0.295 e. The standard InChI is InChI=1S/C21H26O/c1-4-14-6-8-18-17-7-5-15-13-16(22)9-11-21(15,3)19(17)10-12-20(14,18)2/h5,7,13,17-19H,1,6,8-12H2,2-3H3/t17?,18?,19?,20-,21+/m1/s1. The van der Waals surface area contributed by atoms with Gasteiger partial charge in [0.25, 0.3) is 0 Å². The quantitative estimate of drug-likeness (QED) is 0.574. The summed E-state index contributed by atoms with van der Waals surface area (Å²) in [5.74, 6) is 2.43. The number of hydrogen-bond acceptors (Lipinski definition) is 1. The van der Waals surface area contributed by atoms with Gasteiger partial charge >= 0.3 is 0 Å². The first kappa shape index (κ1) is 14.3. The molecule has 0 aromatic heterocycles. The first-order valence-electron chi connectivity index (χ1n) is 8.82. The van der Waals surface area contributed by atoms with Crippen LogP contribution in [0, 0.1) is 28.6 Å². The molecule has 0 heterocycles. The van der Waals surface area contributed by atoms with Crippen molar-refractivity contribution in [1.82, 2.24) is 0 Å². The molecule has 1 nitrogen and oxygen atoms in total. The van der Waals surface area contributed by atoms with Gasteiger partial charge in [-0.15, -0.1) is 5.73 Å². The molecular formula is C21H26O. The first-order chi connectivity index (χ1) is 10.5. The third-order valence-corrected chi connectivity index (χ3v) is 7.51. The molecule has 2 fully saturated rings. The fourth-order valence-corrected chi connectivity index (χ4v) is 6.10. The van der Waals surface area contributed by atoms with Crippen LogP contribution in [-0.2, 0) is 4.79 Å². The molecule has 2 saturated carbocycles. The summed E-state index contributed by atoms with van der Waals surface area (Å²) in [6, 6.07) is 0. The molecule has 0 N–H and O–H groups in total. The van der Waals surface area contributed by atoms with E-state index < -0.39 is 0 Å². The molecule has 0 saturated heterocycles. The Bertz CT molecular complexity index is 645. The van der Waals surface area contributed by atoms with E-state index in [1.54, 1.807) is 0 Å². The van der Waals surface area contributed by atoms with E-state index >= 15 is 0 Å². The Labute approximate surface area is 133 Å². The highest BCUT2D eigenvalue weighted by molar-refractivity contribution is 5.92.